The quantitative estimate of drug-likeness (QED) is 0.750. The van der Waals surface area contributed by atoms with Crippen LogP contribution in [0.4, 0.5) is 5.69 Å². The molecule has 138 valence electrons. The number of nitrogens with one attached hydrogen (secondary N) is 2. The highest BCUT2D eigenvalue weighted by Crippen LogP contribution is 2.17. The number of rotatable bonds is 7. The van der Waals surface area contributed by atoms with Crippen LogP contribution in [0.25, 0.3) is 0 Å². The number of anilines is 1. The molecular weight excluding hydrogens is 328 g/mol. The van der Waals surface area contributed by atoms with Crippen LogP contribution in [-0.2, 0) is 0 Å². The third-order valence-corrected chi connectivity index (χ3v) is 3.96. The van der Waals surface area contributed by atoms with Crippen molar-refractivity contribution in [3.63, 3.8) is 0 Å². The van der Waals surface area contributed by atoms with Crippen molar-refractivity contribution in [1.29, 1.82) is 0 Å². The fourth-order valence-electron chi connectivity index (χ4n) is 2.45. The van der Waals surface area contributed by atoms with Crippen molar-refractivity contribution < 1.29 is 9.59 Å². The predicted octanol–water partition coefficient (Wildman–Crippen LogP) is 2.63. The summed E-state index contributed by atoms with van der Waals surface area (Å²) in [6.45, 7) is 5.39. The van der Waals surface area contributed by atoms with E-state index in [2.05, 4.69) is 20.5 Å². The molecule has 0 saturated heterocycles. The van der Waals surface area contributed by atoms with Crippen molar-refractivity contribution in [2.75, 3.05) is 32.5 Å². The lowest BCUT2D eigenvalue weighted by Gasteiger charge is -2.11. The molecule has 26 heavy (non-hydrogen) atoms. The van der Waals surface area contributed by atoms with Gasteiger partial charge in [-0.15, -0.1) is 0 Å². The number of aromatic nitrogens is 1. The zero-order valence-corrected chi connectivity index (χ0v) is 15.8. The van der Waals surface area contributed by atoms with Gasteiger partial charge in [-0.3, -0.25) is 14.6 Å². The maximum atomic E-state index is 12.5. The summed E-state index contributed by atoms with van der Waals surface area (Å²) in [6.07, 6.45) is 2.34. The SMILES string of the molecule is Cc1ccc(C)c(NC(=O)c2cc(C(=O)NCCCN(C)C)ccn2)c1. The van der Waals surface area contributed by atoms with Crippen molar-refractivity contribution in [3.05, 3.63) is 58.9 Å². The maximum absolute atomic E-state index is 12.5. The van der Waals surface area contributed by atoms with Gasteiger partial charge in [-0.25, -0.2) is 0 Å². The van der Waals surface area contributed by atoms with Crippen LogP contribution in [0.3, 0.4) is 0 Å². The number of hydrogen-bond donors (Lipinski definition) is 2. The Morgan fingerprint density at radius 1 is 1.08 bits per heavy atom. The second kappa shape index (κ2) is 9.10. The molecule has 0 aliphatic rings. The Morgan fingerprint density at radius 2 is 1.85 bits per heavy atom. The van der Waals surface area contributed by atoms with Crippen molar-refractivity contribution in [2.24, 2.45) is 0 Å². The second-order valence-electron chi connectivity index (χ2n) is 6.61. The van der Waals surface area contributed by atoms with Gasteiger partial charge in [0.2, 0.25) is 0 Å². The lowest BCUT2D eigenvalue weighted by atomic mass is 10.1. The molecule has 0 atom stereocenters. The van der Waals surface area contributed by atoms with Gasteiger partial charge in [0.25, 0.3) is 11.8 Å². The summed E-state index contributed by atoms with van der Waals surface area (Å²) < 4.78 is 0. The standard InChI is InChI=1S/C20H26N4O2/c1-14-6-7-15(2)17(12-14)23-20(26)18-13-16(8-10-21-18)19(25)22-9-5-11-24(3)4/h6-8,10,12-13H,5,9,11H2,1-4H3,(H,22,25)(H,23,26). The number of aryl methyl sites for hydroxylation is 2. The maximum Gasteiger partial charge on any atom is 0.274 e. The number of carbonyl (C=O) groups excluding carboxylic acids is 2. The van der Waals surface area contributed by atoms with E-state index in [1.807, 2.05) is 46.1 Å². The van der Waals surface area contributed by atoms with Gasteiger partial charge in [-0.2, -0.15) is 0 Å². The molecule has 1 aromatic heterocycles. The van der Waals surface area contributed by atoms with E-state index in [1.54, 1.807) is 6.07 Å². The topological polar surface area (TPSA) is 74.3 Å². The van der Waals surface area contributed by atoms with Crippen LogP contribution >= 0.6 is 0 Å². The number of nitrogens with zero attached hydrogens (tertiary/aromatic N) is 2. The Kier molecular flexibility index (Phi) is 6.86. The molecule has 0 radical (unpaired) electrons. The van der Waals surface area contributed by atoms with Crippen LogP contribution in [0.15, 0.2) is 36.5 Å². The van der Waals surface area contributed by atoms with E-state index < -0.39 is 0 Å². The normalized spacial score (nSPS) is 10.7. The first-order chi connectivity index (χ1) is 12.4. The molecule has 0 aliphatic heterocycles. The van der Waals surface area contributed by atoms with Crippen LogP contribution in [0.2, 0.25) is 0 Å². The van der Waals surface area contributed by atoms with Gasteiger partial charge in [0, 0.05) is 24.0 Å². The Balaban J connectivity index is 2.02. The molecule has 6 nitrogen and oxygen atoms in total. The van der Waals surface area contributed by atoms with E-state index in [-0.39, 0.29) is 17.5 Å². The van der Waals surface area contributed by atoms with Crippen molar-refractivity contribution in [1.82, 2.24) is 15.2 Å². The Morgan fingerprint density at radius 3 is 2.58 bits per heavy atom. The minimum atomic E-state index is -0.332. The lowest BCUT2D eigenvalue weighted by molar-refractivity contribution is 0.0952. The third kappa shape index (κ3) is 5.67. The van der Waals surface area contributed by atoms with Crippen LogP contribution in [0.5, 0.6) is 0 Å². The predicted molar refractivity (Wildman–Crippen MR) is 104 cm³/mol. The third-order valence-electron chi connectivity index (χ3n) is 3.96. The number of hydrogen-bond acceptors (Lipinski definition) is 4. The van der Waals surface area contributed by atoms with Crippen LogP contribution in [0, 0.1) is 13.8 Å². The fourth-order valence-corrected chi connectivity index (χ4v) is 2.45. The molecule has 2 rings (SSSR count). The van der Waals surface area contributed by atoms with Gasteiger partial charge in [-0.1, -0.05) is 12.1 Å². The van der Waals surface area contributed by atoms with E-state index in [0.717, 1.165) is 29.8 Å². The summed E-state index contributed by atoms with van der Waals surface area (Å²) in [6, 6.07) is 8.98. The highest BCUT2D eigenvalue weighted by molar-refractivity contribution is 6.05. The first-order valence-electron chi connectivity index (χ1n) is 8.64. The van der Waals surface area contributed by atoms with Gasteiger partial charge in [-0.05, 0) is 70.2 Å². The number of amides is 2. The summed E-state index contributed by atoms with van der Waals surface area (Å²) in [5, 5.41) is 5.72. The first-order valence-corrected chi connectivity index (χ1v) is 8.64. The molecule has 0 unspecified atom stereocenters. The molecule has 1 aromatic carbocycles. The van der Waals surface area contributed by atoms with Gasteiger partial charge >= 0.3 is 0 Å². The summed E-state index contributed by atoms with van der Waals surface area (Å²) in [5.74, 6) is -0.534. The van der Waals surface area contributed by atoms with Gasteiger partial charge in [0.05, 0.1) is 0 Å². The summed E-state index contributed by atoms with van der Waals surface area (Å²) in [5.41, 5.74) is 3.42. The molecule has 6 heteroatoms. The lowest BCUT2D eigenvalue weighted by Crippen LogP contribution is -2.27. The van der Waals surface area contributed by atoms with Crippen LogP contribution in [0.1, 0.15) is 38.4 Å². The molecule has 0 bridgehead atoms. The first kappa shape index (κ1) is 19.6. The van der Waals surface area contributed by atoms with Gasteiger partial charge in [0.15, 0.2) is 0 Å². The Hall–Kier alpha value is -2.73. The summed E-state index contributed by atoms with van der Waals surface area (Å²) >= 11 is 0. The van der Waals surface area contributed by atoms with E-state index in [4.69, 9.17) is 0 Å². The highest BCUT2D eigenvalue weighted by atomic mass is 16.2. The van der Waals surface area contributed by atoms with Crippen molar-refractivity contribution in [3.8, 4) is 0 Å². The molecule has 2 aromatic rings. The molecule has 1 heterocycles. The number of benzene rings is 1. The monoisotopic (exact) mass is 354 g/mol. The van der Waals surface area contributed by atoms with Gasteiger partial charge < -0.3 is 15.5 Å². The molecule has 0 fully saturated rings. The average Bonchev–Trinajstić information content (AvgIpc) is 2.61. The van der Waals surface area contributed by atoms with Crippen LogP contribution < -0.4 is 10.6 Å². The summed E-state index contributed by atoms with van der Waals surface area (Å²) in [4.78, 5) is 30.9. The number of carbonyl (C=O) groups is 2. The molecule has 0 spiro atoms. The molecule has 0 saturated carbocycles. The molecular formula is C20H26N4O2. The molecule has 2 N–H and O–H groups in total. The highest BCUT2D eigenvalue weighted by Gasteiger charge is 2.13. The number of pyridine rings is 1. The van der Waals surface area contributed by atoms with E-state index >= 15 is 0 Å². The smallest absolute Gasteiger partial charge is 0.274 e. The zero-order valence-electron chi connectivity index (χ0n) is 15.8. The van der Waals surface area contributed by atoms with Crippen molar-refractivity contribution >= 4 is 17.5 Å². The van der Waals surface area contributed by atoms with E-state index in [0.29, 0.717) is 12.1 Å². The second-order valence-corrected chi connectivity index (χ2v) is 6.61. The largest absolute Gasteiger partial charge is 0.352 e. The van der Waals surface area contributed by atoms with E-state index in [9.17, 15) is 9.59 Å². The van der Waals surface area contributed by atoms with Crippen LogP contribution in [-0.4, -0.2) is 48.9 Å². The Labute approximate surface area is 154 Å². The molecule has 2 amide bonds. The van der Waals surface area contributed by atoms with E-state index in [1.165, 1.54) is 12.3 Å². The average molecular weight is 354 g/mol. The minimum Gasteiger partial charge on any atom is -0.352 e. The van der Waals surface area contributed by atoms with Gasteiger partial charge in [0.1, 0.15) is 5.69 Å². The Bertz CT molecular complexity index is 787. The van der Waals surface area contributed by atoms with Crippen molar-refractivity contribution in [2.45, 2.75) is 20.3 Å². The molecule has 0 aliphatic carbocycles. The fraction of sp³-hybridized carbons (Fsp3) is 0.350. The zero-order chi connectivity index (χ0) is 19.1. The summed E-state index contributed by atoms with van der Waals surface area (Å²) in [7, 11) is 3.98. The minimum absolute atomic E-state index is 0.202.